The van der Waals surface area contributed by atoms with Crippen LogP contribution in [0.15, 0.2) is 22.5 Å². The maximum Gasteiger partial charge on any atom is 0.294 e. The molecule has 0 radical (unpaired) electrons. The smallest absolute Gasteiger partial charge is 0.294 e. The molecule has 0 amide bonds. The van der Waals surface area contributed by atoms with E-state index in [-0.39, 0.29) is 5.69 Å². The number of rotatable bonds is 1. The van der Waals surface area contributed by atoms with Gasteiger partial charge >= 0.3 is 0 Å². The summed E-state index contributed by atoms with van der Waals surface area (Å²) in [4.78, 5) is 14.0. The van der Waals surface area contributed by atoms with Crippen molar-refractivity contribution < 1.29 is 4.92 Å². The van der Waals surface area contributed by atoms with E-state index in [9.17, 15) is 10.1 Å². The zero-order valence-corrected chi connectivity index (χ0v) is 7.89. The topological polar surface area (TPSA) is 56.0 Å². The zero-order chi connectivity index (χ0) is 9.42. The third-order valence-electron chi connectivity index (χ3n) is 1.57. The lowest BCUT2D eigenvalue weighted by Crippen LogP contribution is -1.88. The second-order valence-corrected chi connectivity index (χ2v) is 4.04. The number of benzene rings is 1. The van der Waals surface area contributed by atoms with Crippen LogP contribution in [0.3, 0.4) is 0 Å². The third kappa shape index (κ3) is 1.34. The van der Waals surface area contributed by atoms with Gasteiger partial charge in [-0.05, 0) is 9.04 Å². The number of nitro benzene ring substituents is 1. The molecular weight excluding hydrogens is 208 g/mol. The van der Waals surface area contributed by atoms with Gasteiger partial charge in [-0.15, -0.1) is 0 Å². The molecule has 0 aliphatic heterocycles. The van der Waals surface area contributed by atoms with Crippen molar-refractivity contribution in [2.75, 3.05) is 0 Å². The zero-order valence-electron chi connectivity index (χ0n) is 6.26. The molecule has 0 unspecified atom stereocenters. The van der Waals surface area contributed by atoms with Crippen LogP contribution >= 0.6 is 11.3 Å². The average Bonchev–Trinajstić information content (AvgIpc) is 2.43. The number of aromatic nitrogens is 1. The summed E-state index contributed by atoms with van der Waals surface area (Å²) >= 11 is 6.13. The van der Waals surface area contributed by atoms with Gasteiger partial charge in [-0.2, -0.15) is 0 Å². The van der Waals surface area contributed by atoms with E-state index < -0.39 is 4.92 Å². The molecule has 0 bridgehead atoms. The summed E-state index contributed by atoms with van der Waals surface area (Å²) in [6.07, 6.45) is 0. The van der Waals surface area contributed by atoms with E-state index in [4.69, 9.17) is 12.6 Å². The second kappa shape index (κ2) is 2.90. The number of para-hydroxylation sites is 1. The first-order valence-corrected chi connectivity index (χ1v) is 4.62. The molecule has 0 saturated carbocycles. The summed E-state index contributed by atoms with van der Waals surface area (Å²) < 4.78 is 1.20. The molecular formula is C7H3N2O2S2-. The quantitative estimate of drug-likeness (QED) is 0.412. The van der Waals surface area contributed by atoms with E-state index in [0.29, 0.717) is 9.86 Å². The monoisotopic (exact) mass is 211 g/mol. The van der Waals surface area contributed by atoms with Crippen LogP contribution in [0.5, 0.6) is 0 Å². The summed E-state index contributed by atoms with van der Waals surface area (Å²) in [7, 11) is 0. The summed E-state index contributed by atoms with van der Waals surface area (Å²) in [5.41, 5.74) is 0.410. The van der Waals surface area contributed by atoms with E-state index in [1.807, 2.05) is 0 Å². The molecule has 2 rings (SSSR count). The first-order chi connectivity index (χ1) is 6.18. The second-order valence-electron chi connectivity index (χ2n) is 2.36. The number of fused-ring (bicyclic) bond motifs is 1. The molecule has 6 heteroatoms. The van der Waals surface area contributed by atoms with Crippen molar-refractivity contribution in [3.63, 3.8) is 0 Å². The Morgan fingerprint density at radius 2 is 2.31 bits per heavy atom. The van der Waals surface area contributed by atoms with E-state index in [1.165, 1.54) is 17.4 Å². The minimum atomic E-state index is -0.448. The fourth-order valence-electron chi connectivity index (χ4n) is 1.06. The van der Waals surface area contributed by atoms with Crippen molar-refractivity contribution in [2.45, 2.75) is 4.34 Å². The fraction of sp³-hybridized carbons (Fsp3) is 0. The summed E-state index contributed by atoms with van der Waals surface area (Å²) in [5, 5.41) is 10.6. The van der Waals surface area contributed by atoms with Crippen molar-refractivity contribution in [2.24, 2.45) is 0 Å². The van der Waals surface area contributed by atoms with Crippen molar-refractivity contribution >= 4 is 39.9 Å². The van der Waals surface area contributed by atoms with Crippen molar-refractivity contribution in [3.05, 3.63) is 28.3 Å². The van der Waals surface area contributed by atoms with Gasteiger partial charge in [0.05, 0.1) is 4.92 Å². The largest absolute Gasteiger partial charge is 0.408 e. The molecule has 1 aromatic heterocycles. The highest BCUT2D eigenvalue weighted by Gasteiger charge is 2.10. The fourth-order valence-corrected chi connectivity index (χ4v) is 2.14. The van der Waals surface area contributed by atoms with Crippen molar-refractivity contribution in [1.29, 1.82) is 0 Å². The van der Waals surface area contributed by atoms with Gasteiger partial charge in [0.25, 0.3) is 5.69 Å². The molecule has 13 heavy (non-hydrogen) atoms. The van der Waals surface area contributed by atoms with Gasteiger partial charge in [0.1, 0.15) is 5.52 Å². The molecule has 0 saturated heterocycles. The molecule has 2 aromatic rings. The van der Waals surface area contributed by atoms with Crippen LogP contribution in [-0.4, -0.2) is 9.91 Å². The van der Waals surface area contributed by atoms with Crippen LogP contribution in [0, 0.1) is 10.1 Å². The number of nitrogens with zero attached hydrogens (tertiary/aromatic N) is 2. The molecule has 0 aliphatic carbocycles. The summed E-state index contributed by atoms with van der Waals surface area (Å²) in [6, 6.07) is 4.83. The standard InChI is InChI=1S/C7H4N2O2S2/c10-9(11)4-2-1-3-5-6(4)8-7(12)13-5/h1-3H,(H,8,12)/p-1. The maximum absolute atomic E-state index is 10.6. The Kier molecular flexibility index (Phi) is 1.86. The lowest BCUT2D eigenvalue weighted by atomic mass is 10.3. The predicted octanol–water partition coefficient (Wildman–Crippen LogP) is 2.11. The molecule has 0 fully saturated rings. The highest BCUT2D eigenvalue weighted by atomic mass is 32.2. The number of thiazole rings is 1. The molecule has 66 valence electrons. The van der Waals surface area contributed by atoms with E-state index in [1.54, 1.807) is 12.1 Å². The number of hydrogen-bond acceptors (Lipinski definition) is 5. The Morgan fingerprint density at radius 3 is 3.00 bits per heavy atom. The van der Waals surface area contributed by atoms with Crippen LogP contribution in [0.25, 0.3) is 10.2 Å². The molecule has 1 heterocycles. The molecule has 0 aliphatic rings. The van der Waals surface area contributed by atoms with Gasteiger partial charge in [-0.25, -0.2) is 0 Å². The minimum absolute atomic E-state index is 0.0184. The van der Waals surface area contributed by atoms with Gasteiger partial charge in [0.15, 0.2) is 0 Å². The Bertz CT molecular complexity index is 480. The molecule has 0 spiro atoms. The average molecular weight is 211 g/mol. The number of nitro groups is 1. The van der Waals surface area contributed by atoms with E-state index in [2.05, 4.69) is 4.98 Å². The molecule has 1 aromatic carbocycles. The SMILES string of the molecule is O=[N+]([O-])c1cccc2sc([S-])nc12. The third-order valence-corrected chi connectivity index (χ3v) is 2.73. The van der Waals surface area contributed by atoms with E-state index >= 15 is 0 Å². The number of hydrogen-bond donors (Lipinski definition) is 0. The molecule has 4 nitrogen and oxygen atoms in total. The maximum atomic E-state index is 10.6. The van der Waals surface area contributed by atoms with Gasteiger partial charge in [0, 0.05) is 6.07 Å². The van der Waals surface area contributed by atoms with E-state index in [0.717, 1.165) is 4.70 Å². The predicted molar refractivity (Wildman–Crippen MR) is 51.9 cm³/mol. The van der Waals surface area contributed by atoms with Gasteiger partial charge in [-0.3, -0.25) is 15.1 Å². The molecule has 0 atom stereocenters. The van der Waals surface area contributed by atoms with Crippen LogP contribution < -0.4 is 0 Å². The lowest BCUT2D eigenvalue weighted by molar-refractivity contribution is -0.383. The van der Waals surface area contributed by atoms with Gasteiger partial charge in [0.2, 0.25) is 0 Å². The highest BCUT2D eigenvalue weighted by molar-refractivity contribution is 7.63. The van der Waals surface area contributed by atoms with Gasteiger partial charge in [-0.1, -0.05) is 12.1 Å². The van der Waals surface area contributed by atoms with Crippen molar-refractivity contribution in [1.82, 2.24) is 4.98 Å². The normalized spacial score (nSPS) is 10.5. The van der Waals surface area contributed by atoms with Crippen molar-refractivity contribution in [3.8, 4) is 0 Å². The first-order valence-electron chi connectivity index (χ1n) is 3.39. The molecule has 0 N–H and O–H groups in total. The Morgan fingerprint density at radius 1 is 1.54 bits per heavy atom. The minimum Gasteiger partial charge on any atom is -0.408 e. The Labute approximate surface area is 82.8 Å². The number of non-ortho nitro benzene ring substituents is 1. The Hall–Kier alpha value is -1.27. The highest BCUT2D eigenvalue weighted by Crippen LogP contribution is 2.28. The first kappa shape index (κ1) is 8.33. The summed E-state index contributed by atoms with van der Waals surface area (Å²) in [6.45, 7) is 0. The van der Waals surface area contributed by atoms with Crippen LogP contribution in [-0.2, 0) is 12.6 Å². The van der Waals surface area contributed by atoms with Crippen LogP contribution in [0.2, 0.25) is 0 Å². The van der Waals surface area contributed by atoms with Crippen LogP contribution in [0.1, 0.15) is 0 Å². The van der Waals surface area contributed by atoms with Gasteiger partial charge < -0.3 is 24.0 Å². The van der Waals surface area contributed by atoms with Crippen LogP contribution in [0.4, 0.5) is 5.69 Å². The summed E-state index contributed by atoms with van der Waals surface area (Å²) in [5.74, 6) is 0. The Balaban J connectivity index is 2.82. The lowest BCUT2D eigenvalue weighted by Gasteiger charge is -1.92.